The maximum atomic E-state index is 13.4. The molecule has 0 amide bonds. The maximum Gasteiger partial charge on any atom is 0.252 e. The Hall–Kier alpha value is -1.47. The molecule has 1 aliphatic rings. The van der Waals surface area contributed by atoms with Gasteiger partial charge in [-0.25, -0.2) is 14.6 Å². The number of nitrogen functional groups attached to an aromatic ring is 1. The number of ether oxygens (including phenoxy) is 1. The minimum atomic E-state index is -0.844. The number of nitrogens with two attached hydrogens (primary N) is 1. The second-order valence-corrected chi connectivity index (χ2v) is 4.50. The highest BCUT2D eigenvalue weighted by Crippen LogP contribution is 2.20. The molecule has 0 aromatic carbocycles. The zero-order chi connectivity index (χ0) is 13.7. The first kappa shape index (κ1) is 14.0. The fourth-order valence-corrected chi connectivity index (χ4v) is 2.11. The third-order valence-corrected chi connectivity index (χ3v) is 3.13. The third-order valence-electron chi connectivity index (χ3n) is 3.13. The molecule has 106 valence electrons. The Kier molecular flexibility index (Phi) is 4.86. The van der Waals surface area contributed by atoms with Gasteiger partial charge in [0, 0.05) is 12.6 Å². The molecule has 3 N–H and O–H groups in total. The van der Waals surface area contributed by atoms with Crippen molar-refractivity contribution in [2.45, 2.75) is 19.3 Å². The zero-order valence-corrected chi connectivity index (χ0v) is 10.7. The van der Waals surface area contributed by atoms with Crippen LogP contribution in [0.15, 0.2) is 6.07 Å². The highest BCUT2D eigenvalue weighted by atomic mass is 19.1. The van der Waals surface area contributed by atoms with Gasteiger partial charge in [0.2, 0.25) is 0 Å². The standard InChI is InChI=1S/C12H18F2N4O/c13-9-8-10(14)12(16-11(9)17-15)19-7-6-18-4-2-1-3-5-18/h8H,1-7,15H2,(H,16,17). The van der Waals surface area contributed by atoms with Gasteiger partial charge in [-0.1, -0.05) is 6.42 Å². The van der Waals surface area contributed by atoms with Crippen molar-refractivity contribution in [3.8, 4) is 5.88 Å². The van der Waals surface area contributed by atoms with Gasteiger partial charge in [0.15, 0.2) is 17.5 Å². The van der Waals surface area contributed by atoms with E-state index in [2.05, 4.69) is 15.3 Å². The van der Waals surface area contributed by atoms with Crippen LogP contribution in [0.3, 0.4) is 0 Å². The first-order chi connectivity index (χ1) is 9.20. The van der Waals surface area contributed by atoms with Crippen LogP contribution in [0.4, 0.5) is 14.6 Å². The Bertz CT molecular complexity index is 424. The van der Waals surface area contributed by atoms with E-state index in [0.717, 1.165) is 13.1 Å². The lowest BCUT2D eigenvalue weighted by Crippen LogP contribution is -2.33. The zero-order valence-electron chi connectivity index (χ0n) is 10.7. The Labute approximate surface area is 110 Å². The van der Waals surface area contributed by atoms with Crippen molar-refractivity contribution in [1.29, 1.82) is 0 Å². The van der Waals surface area contributed by atoms with E-state index in [0.29, 0.717) is 19.2 Å². The summed E-state index contributed by atoms with van der Waals surface area (Å²) in [5.41, 5.74) is 2.06. The Balaban J connectivity index is 1.88. The van der Waals surface area contributed by atoms with Crippen LogP contribution >= 0.6 is 0 Å². The van der Waals surface area contributed by atoms with E-state index in [-0.39, 0.29) is 11.7 Å². The van der Waals surface area contributed by atoms with Crippen molar-refractivity contribution >= 4 is 5.82 Å². The van der Waals surface area contributed by atoms with E-state index in [1.165, 1.54) is 19.3 Å². The number of nitrogens with one attached hydrogen (secondary N) is 1. The van der Waals surface area contributed by atoms with Crippen molar-refractivity contribution in [1.82, 2.24) is 9.88 Å². The average Bonchev–Trinajstić information content (AvgIpc) is 2.42. The number of piperidine rings is 1. The number of anilines is 1. The summed E-state index contributed by atoms with van der Waals surface area (Å²) in [7, 11) is 0. The molecule has 0 unspecified atom stereocenters. The number of nitrogens with zero attached hydrogens (tertiary/aromatic N) is 2. The summed E-state index contributed by atoms with van der Waals surface area (Å²) in [6.45, 7) is 3.11. The summed E-state index contributed by atoms with van der Waals surface area (Å²) in [4.78, 5) is 5.90. The molecule has 0 aliphatic carbocycles. The summed E-state index contributed by atoms with van der Waals surface area (Å²) < 4.78 is 31.8. The number of aromatic nitrogens is 1. The van der Waals surface area contributed by atoms with Gasteiger partial charge < -0.3 is 10.2 Å². The van der Waals surface area contributed by atoms with Crippen LogP contribution in [-0.4, -0.2) is 36.1 Å². The van der Waals surface area contributed by atoms with Crippen LogP contribution in [0.5, 0.6) is 5.88 Å². The van der Waals surface area contributed by atoms with Crippen LogP contribution in [0.2, 0.25) is 0 Å². The molecule has 1 aromatic rings. The minimum absolute atomic E-state index is 0.227. The number of hydrogen-bond acceptors (Lipinski definition) is 5. The van der Waals surface area contributed by atoms with Crippen LogP contribution in [0, 0.1) is 11.6 Å². The SMILES string of the molecule is NNc1nc(OCCN2CCCCC2)c(F)cc1F. The summed E-state index contributed by atoms with van der Waals surface area (Å²) in [5.74, 6) is 2.95. The Morgan fingerprint density at radius 3 is 2.68 bits per heavy atom. The van der Waals surface area contributed by atoms with Crippen molar-refractivity contribution in [2.24, 2.45) is 5.84 Å². The van der Waals surface area contributed by atoms with Crippen LogP contribution in [-0.2, 0) is 0 Å². The molecule has 0 atom stereocenters. The third kappa shape index (κ3) is 3.74. The first-order valence-corrected chi connectivity index (χ1v) is 6.38. The molecule has 7 heteroatoms. The Morgan fingerprint density at radius 1 is 1.26 bits per heavy atom. The fourth-order valence-electron chi connectivity index (χ4n) is 2.11. The molecule has 0 spiro atoms. The number of hydrazine groups is 1. The highest BCUT2D eigenvalue weighted by Gasteiger charge is 2.14. The molecule has 0 saturated carbocycles. The highest BCUT2D eigenvalue weighted by molar-refractivity contribution is 5.38. The number of likely N-dealkylation sites (tertiary alicyclic amines) is 1. The molecule has 1 aliphatic heterocycles. The van der Waals surface area contributed by atoms with Gasteiger partial charge in [-0.05, 0) is 25.9 Å². The molecule has 5 nitrogen and oxygen atoms in total. The summed E-state index contributed by atoms with van der Waals surface area (Å²) in [6, 6.07) is 0.707. The lowest BCUT2D eigenvalue weighted by atomic mass is 10.1. The molecule has 19 heavy (non-hydrogen) atoms. The quantitative estimate of drug-likeness (QED) is 0.628. The second-order valence-electron chi connectivity index (χ2n) is 4.50. The van der Waals surface area contributed by atoms with E-state index < -0.39 is 11.6 Å². The van der Waals surface area contributed by atoms with E-state index in [9.17, 15) is 8.78 Å². The minimum Gasteiger partial charge on any atom is -0.474 e. The molecule has 1 fully saturated rings. The van der Waals surface area contributed by atoms with E-state index in [1.807, 2.05) is 0 Å². The van der Waals surface area contributed by atoms with Crippen LogP contribution in [0.1, 0.15) is 19.3 Å². The average molecular weight is 272 g/mol. The monoisotopic (exact) mass is 272 g/mol. The first-order valence-electron chi connectivity index (χ1n) is 6.38. The molecule has 2 heterocycles. The molecule has 2 rings (SSSR count). The Morgan fingerprint density at radius 2 is 2.00 bits per heavy atom. The largest absolute Gasteiger partial charge is 0.474 e. The lowest BCUT2D eigenvalue weighted by molar-refractivity contribution is 0.177. The molecule has 1 saturated heterocycles. The summed E-state index contributed by atoms with van der Waals surface area (Å²) in [5, 5.41) is 0. The normalized spacial score (nSPS) is 16.4. The van der Waals surface area contributed by atoms with Crippen LogP contribution in [0.25, 0.3) is 0 Å². The summed E-state index contributed by atoms with van der Waals surface area (Å²) in [6.07, 6.45) is 3.63. The molecular formula is C12H18F2N4O. The molecule has 0 bridgehead atoms. The topological polar surface area (TPSA) is 63.4 Å². The molecular weight excluding hydrogens is 254 g/mol. The van der Waals surface area contributed by atoms with Gasteiger partial charge in [-0.3, -0.25) is 4.90 Å². The fraction of sp³-hybridized carbons (Fsp3) is 0.583. The maximum absolute atomic E-state index is 13.4. The van der Waals surface area contributed by atoms with Gasteiger partial charge in [-0.15, -0.1) is 0 Å². The summed E-state index contributed by atoms with van der Waals surface area (Å²) >= 11 is 0. The second kappa shape index (κ2) is 6.63. The number of halogens is 2. The van der Waals surface area contributed by atoms with Crippen molar-refractivity contribution in [2.75, 3.05) is 31.7 Å². The van der Waals surface area contributed by atoms with E-state index in [1.54, 1.807) is 0 Å². The van der Waals surface area contributed by atoms with Gasteiger partial charge in [0.25, 0.3) is 5.88 Å². The number of rotatable bonds is 5. The van der Waals surface area contributed by atoms with Crippen LogP contribution < -0.4 is 16.0 Å². The molecule has 0 radical (unpaired) electrons. The van der Waals surface area contributed by atoms with Gasteiger partial charge in [0.1, 0.15) is 6.61 Å². The lowest BCUT2D eigenvalue weighted by Gasteiger charge is -2.26. The van der Waals surface area contributed by atoms with Gasteiger partial charge >= 0.3 is 0 Å². The predicted octanol–water partition coefficient (Wildman–Crippen LogP) is 1.51. The predicted molar refractivity (Wildman–Crippen MR) is 67.7 cm³/mol. The van der Waals surface area contributed by atoms with E-state index in [4.69, 9.17) is 10.6 Å². The van der Waals surface area contributed by atoms with Crippen molar-refractivity contribution in [3.63, 3.8) is 0 Å². The van der Waals surface area contributed by atoms with E-state index >= 15 is 0 Å². The van der Waals surface area contributed by atoms with Gasteiger partial charge in [-0.2, -0.15) is 4.98 Å². The number of pyridine rings is 1. The molecule has 1 aromatic heterocycles. The number of hydrogen-bond donors (Lipinski definition) is 2. The van der Waals surface area contributed by atoms with Gasteiger partial charge in [0.05, 0.1) is 0 Å². The smallest absolute Gasteiger partial charge is 0.252 e. The van der Waals surface area contributed by atoms with Crippen molar-refractivity contribution in [3.05, 3.63) is 17.7 Å². The van der Waals surface area contributed by atoms with Crippen molar-refractivity contribution < 1.29 is 13.5 Å².